The van der Waals surface area contributed by atoms with E-state index in [-0.39, 0.29) is 20.6 Å². The number of halogens is 3. The molecule has 0 saturated heterocycles. The van der Waals surface area contributed by atoms with Gasteiger partial charge in [-0.15, -0.1) is 0 Å². The van der Waals surface area contributed by atoms with Gasteiger partial charge in [0.05, 0.1) is 20.6 Å². The van der Waals surface area contributed by atoms with Gasteiger partial charge in [0.25, 0.3) is 5.91 Å². The maximum Gasteiger partial charge on any atom is 0.342 e. The lowest BCUT2D eigenvalue weighted by atomic mass is 10.1. The van der Waals surface area contributed by atoms with E-state index in [4.69, 9.17) is 39.5 Å². The molecule has 0 aliphatic carbocycles. The van der Waals surface area contributed by atoms with Crippen molar-refractivity contribution < 1.29 is 14.3 Å². The fourth-order valence-corrected chi connectivity index (χ4v) is 2.74. The first-order valence-corrected chi connectivity index (χ1v) is 8.71. The molecule has 0 bridgehead atoms. The van der Waals surface area contributed by atoms with Crippen molar-refractivity contribution in [3.8, 4) is 0 Å². The third-order valence-electron chi connectivity index (χ3n) is 3.53. The summed E-state index contributed by atoms with van der Waals surface area (Å²) in [7, 11) is 0. The first kappa shape index (κ1) is 19.6. The molecule has 132 valence electrons. The summed E-state index contributed by atoms with van der Waals surface area (Å²) in [5, 5.41) is 2.94. The molecule has 0 radical (unpaired) electrons. The highest BCUT2D eigenvalue weighted by atomic mass is 35.5. The van der Waals surface area contributed by atoms with Crippen LogP contribution in [0, 0.1) is 0 Å². The van der Waals surface area contributed by atoms with Crippen molar-refractivity contribution in [1.29, 1.82) is 0 Å². The van der Waals surface area contributed by atoms with Crippen molar-refractivity contribution >= 4 is 52.4 Å². The average molecular weight is 401 g/mol. The van der Waals surface area contributed by atoms with Crippen molar-refractivity contribution in [2.24, 2.45) is 0 Å². The van der Waals surface area contributed by atoms with Crippen molar-refractivity contribution in [3.63, 3.8) is 0 Å². The maximum absolute atomic E-state index is 12.3. The summed E-state index contributed by atoms with van der Waals surface area (Å²) in [6, 6.07) is 10.3. The van der Waals surface area contributed by atoms with E-state index in [2.05, 4.69) is 5.32 Å². The van der Waals surface area contributed by atoms with Crippen LogP contribution in [-0.2, 0) is 16.0 Å². The van der Waals surface area contributed by atoms with Gasteiger partial charge in [0.1, 0.15) is 0 Å². The second-order valence-corrected chi connectivity index (χ2v) is 6.50. The van der Waals surface area contributed by atoms with Crippen LogP contribution in [0.5, 0.6) is 0 Å². The van der Waals surface area contributed by atoms with Gasteiger partial charge in [0, 0.05) is 5.69 Å². The summed E-state index contributed by atoms with van der Waals surface area (Å²) >= 11 is 17.9. The van der Waals surface area contributed by atoms with E-state index in [0.717, 1.165) is 12.0 Å². The van der Waals surface area contributed by atoms with Crippen LogP contribution in [0.4, 0.5) is 5.69 Å². The second-order valence-electron chi connectivity index (χ2n) is 5.31. The van der Waals surface area contributed by atoms with Gasteiger partial charge in [-0.25, -0.2) is 4.79 Å². The second kappa shape index (κ2) is 8.56. The minimum Gasteiger partial charge on any atom is -0.449 e. The Hall–Kier alpha value is -1.75. The highest BCUT2D eigenvalue weighted by Crippen LogP contribution is 2.32. The maximum atomic E-state index is 12.3. The van der Waals surface area contributed by atoms with Gasteiger partial charge in [-0.05, 0) is 43.2 Å². The van der Waals surface area contributed by atoms with Gasteiger partial charge in [-0.1, -0.05) is 53.9 Å². The van der Waals surface area contributed by atoms with Crippen molar-refractivity contribution in [2.75, 3.05) is 5.32 Å². The van der Waals surface area contributed by atoms with E-state index in [1.165, 1.54) is 19.1 Å². The number of carbonyl (C=O) groups is 2. The predicted molar refractivity (Wildman–Crippen MR) is 101 cm³/mol. The minimum atomic E-state index is -1.04. The molecule has 0 aromatic heterocycles. The Bertz CT molecular complexity index is 791. The van der Waals surface area contributed by atoms with Crippen LogP contribution in [-0.4, -0.2) is 18.0 Å². The number of anilines is 1. The fraction of sp³-hybridized carbons (Fsp3) is 0.222. The van der Waals surface area contributed by atoms with Gasteiger partial charge in [-0.3, -0.25) is 4.79 Å². The zero-order valence-electron chi connectivity index (χ0n) is 13.6. The van der Waals surface area contributed by atoms with Gasteiger partial charge in [0.2, 0.25) is 0 Å². The molecule has 0 saturated carbocycles. The topological polar surface area (TPSA) is 55.4 Å². The summed E-state index contributed by atoms with van der Waals surface area (Å²) in [5.41, 5.74) is 1.70. The van der Waals surface area contributed by atoms with Crippen LogP contribution >= 0.6 is 34.8 Å². The zero-order valence-corrected chi connectivity index (χ0v) is 15.9. The van der Waals surface area contributed by atoms with E-state index in [0.29, 0.717) is 5.69 Å². The number of hydrogen-bond donors (Lipinski definition) is 1. The third kappa shape index (κ3) is 4.88. The lowest BCUT2D eigenvalue weighted by Crippen LogP contribution is -2.30. The molecule has 4 nitrogen and oxygen atoms in total. The van der Waals surface area contributed by atoms with Crippen LogP contribution in [0.25, 0.3) is 0 Å². The molecular formula is C18H16Cl3NO3. The van der Waals surface area contributed by atoms with Crippen molar-refractivity contribution in [2.45, 2.75) is 26.4 Å². The number of hydrogen-bond acceptors (Lipinski definition) is 3. The Morgan fingerprint density at radius 1 is 1.04 bits per heavy atom. The molecule has 2 aromatic rings. The largest absolute Gasteiger partial charge is 0.449 e. The molecule has 0 spiro atoms. The van der Waals surface area contributed by atoms with E-state index in [1.807, 2.05) is 19.1 Å². The van der Waals surface area contributed by atoms with Crippen molar-refractivity contribution in [3.05, 3.63) is 62.6 Å². The van der Waals surface area contributed by atoms with E-state index in [9.17, 15) is 9.59 Å². The van der Waals surface area contributed by atoms with Gasteiger partial charge in [-0.2, -0.15) is 0 Å². The normalized spacial score (nSPS) is 11.7. The zero-order chi connectivity index (χ0) is 18.6. The van der Waals surface area contributed by atoms with Gasteiger partial charge in [0.15, 0.2) is 6.10 Å². The first-order valence-electron chi connectivity index (χ1n) is 7.57. The fourth-order valence-electron chi connectivity index (χ4n) is 2.05. The molecule has 0 aliphatic rings. The number of amides is 1. The van der Waals surface area contributed by atoms with Gasteiger partial charge >= 0.3 is 5.97 Å². The summed E-state index contributed by atoms with van der Waals surface area (Å²) in [6.45, 7) is 3.50. The van der Waals surface area contributed by atoms with E-state index >= 15 is 0 Å². The van der Waals surface area contributed by atoms with E-state index < -0.39 is 18.0 Å². The van der Waals surface area contributed by atoms with Crippen molar-refractivity contribution in [1.82, 2.24) is 0 Å². The number of benzene rings is 2. The Morgan fingerprint density at radius 3 is 2.24 bits per heavy atom. The minimum absolute atomic E-state index is 0.0121. The molecule has 1 atom stereocenters. The molecule has 0 fully saturated rings. The Kier molecular flexibility index (Phi) is 6.71. The molecule has 7 heteroatoms. The number of ether oxygens (including phenoxy) is 1. The highest BCUT2D eigenvalue weighted by molar-refractivity contribution is 6.46. The standard InChI is InChI=1S/C18H16Cl3NO3/c1-3-11-4-6-12(7-5-11)22-17(23)10(2)25-18(24)15-13(19)8-9-14(20)16(15)21/h4-10H,3H2,1-2H3,(H,22,23)/t10-/m1/s1. The number of nitrogens with one attached hydrogen (secondary N) is 1. The smallest absolute Gasteiger partial charge is 0.342 e. The van der Waals surface area contributed by atoms with Crippen LogP contribution in [0.15, 0.2) is 36.4 Å². The molecule has 2 aromatic carbocycles. The van der Waals surface area contributed by atoms with Crippen LogP contribution in [0.3, 0.4) is 0 Å². The summed E-state index contributed by atoms with van der Waals surface area (Å²) < 4.78 is 5.15. The molecule has 25 heavy (non-hydrogen) atoms. The summed E-state index contributed by atoms with van der Waals surface area (Å²) in [4.78, 5) is 24.4. The monoisotopic (exact) mass is 399 g/mol. The van der Waals surface area contributed by atoms with Gasteiger partial charge < -0.3 is 10.1 Å². The molecular weight excluding hydrogens is 385 g/mol. The third-order valence-corrected chi connectivity index (χ3v) is 4.65. The molecule has 2 rings (SSSR count). The molecule has 0 unspecified atom stereocenters. The SMILES string of the molecule is CCc1ccc(NC(=O)[C@@H](C)OC(=O)c2c(Cl)ccc(Cl)c2Cl)cc1. The molecule has 1 amide bonds. The molecule has 1 N–H and O–H groups in total. The number of carbonyl (C=O) groups excluding carboxylic acids is 2. The molecule has 0 heterocycles. The Morgan fingerprint density at radius 2 is 1.64 bits per heavy atom. The highest BCUT2D eigenvalue weighted by Gasteiger charge is 2.24. The van der Waals surface area contributed by atoms with E-state index in [1.54, 1.807) is 12.1 Å². The lowest BCUT2D eigenvalue weighted by Gasteiger charge is -2.15. The number of esters is 1. The Balaban J connectivity index is 2.05. The quantitative estimate of drug-likeness (QED) is 0.540. The Labute approximate surface area is 161 Å². The van der Waals surface area contributed by atoms with Crippen LogP contribution < -0.4 is 5.32 Å². The summed E-state index contributed by atoms with van der Waals surface area (Å²) in [6.07, 6.45) is -0.131. The lowest BCUT2D eigenvalue weighted by molar-refractivity contribution is -0.123. The number of rotatable bonds is 5. The van der Waals surface area contributed by atoms with Crippen LogP contribution in [0.2, 0.25) is 15.1 Å². The molecule has 0 aliphatic heterocycles. The predicted octanol–water partition coefficient (Wildman–Crippen LogP) is 5.39. The average Bonchev–Trinajstić information content (AvgIpc) is 2.59. The number of aryl methyl sites for hydroxylation is 1. The van der Waals surface area contributed by atoms with Crippen LogP contribution in [0.1, 0.15) is 29.8 Å². The first-order chi connectivity index (χ1) is 11.8. The summed E-state index contributed by atoms with van der Waals surface area (Å²) in [5.74, 6) is -1.28.